The molecule has 4 aromatic rings. The van der Waals surface area contributed by atoms with Crippen molar-refractivity contribution in [2.45, 2.75) is 6.92 Å². The Morgan fingerprint density at radius 3 is 2.75 bits per heavy atom. The quantitative estimate of drug-likeness (QED) is 0.615. The lowest BCUT2D eigenvalue weighted by atomic mass is 10.2. The van der Waals surface area contributed by atoms with Crippen molar-refractivity contribution in [2.75, 3.05) is 5.32 Å². The summed E-state index contributed by atoms with van der Waals surface area (Å²) in [6.45, 7) is 1.98. The number of benzene rings is 2. The van der Waals surface area contributed by atoms with E-state index in [1.165, 1.54) is 0 Å². The smallest absolute Gasteiger partial charge is 0.255 e. The summed E-state index contributed by atoms with van der Waals surface area (Å²) in [5.74, 6) is -0.132. The van der Waals surface area contributed by atoms with E-state index in [9.17, 15) is 4.79 Å². The van der Waals surface area contributed by atoms with E-state index in [1.54, 1.807) is 36.0 Å². The van der Waals surface area contributed by atoms with Gasteiger partial charge in [-0.3, -0.25) is 4.79 Å². The molecule has 0 unspecified atom stereocenters. The highest BCUT2D eigenvalue weighted by atomic mass is 32.1. The molecule has 0 saturated carbocycles. The fourth-order valence-electron chi connectivity index (χ4n) is 2.52. The number of carbonyl (C=O) groups is 1. The molecule has 0 fully saturated rings. The summed E-state index contributed by atoms with van der Waals surface area (Å²) in [5, 5.41) is 3.95. The molecule has 0 atom stereocenters. The van der Waals surface area contributed by atoms with Crippen LogP contribution in [0.3, 0.4) is 0 Å². The van der Waals surface area contributed by atoms with Gasteiger partial charge in [-0.2, -0.15) is 0 Å². The predicted molar refractivity (Wildman–Crippen MR) is 95.9 cm³/mol. The zero-order valence-electron chi connectivity index (χ0n) is 12.9. The van der Waals surface area contributed by atoms with Gasteiger partial charge in [0, 0.05) is 29.3 Å². The van der Waals surface area contributed by atoms with Crippen LogP contribution in [0.4, 0.5) is 5.69 Å². The van der Waals surface area contributed by atoms with Crippen molar-refractivity contribution in [3.63, 3.8) is 0 Å². The Bertz CT molecular complexity index is 1000. The standard InChI is InChI=1S/C18H14N4OS/c1-12-20-16-7-4-14(10-17(16)24-12)21-18(23)13-2-5-15(6-3-13)22-9-8-19-11-22/h2-11H,1H3,(H,21,23). The number of fused-ring (bicyclic) bond motifs is 1. The summed E-state index contributed by atoms with van der Waals surface area (Å²) in [6, 6.07) is 13.2. The van der Waals surface area contributed by atoms with Crippen molar-refractivity contribution in [1.82, 2.24) is 14.5 Å². The number of aryl methyl sites for hydroxylation is 1. The van der Waals surface area contributed by atoms with Crippen LogP contribution in [-0.2, 0) is 0 Å². The normalized spacial score (nSPS) is 10.9. The van der Waals surface area contributed by atoms with Gasteiger partial charge in [0.1, 0.15) is 0 Å². The molecular weight excluding hydrogens is 320 g/mol. The number of carbonyl (C=O) groups excluding carboxylic acids is 1. The lowest BCUT2D eigenvalue weighted by molar-refractivity contribution is 0.102. The molecule has 2 heterocycles. The minimum Gasteiger partial charge on any atom is -0.322 e. The topological polar surface area (TPSA) is 59.8 Å². The van der Waals surface area contributed by atoms with Gasteiger partial charge >= 0.3 is 0 Å². The van der Waals surface area contributed by atoms with Crippen LogP contribution in [0.15, 0.2) is 61.2 Å². The predicted octanol–water partition coefficient (Wildman–Crippen LogP) is 4.04. The van der Waals surface area contributed by atoms with Gasteiger partial charge < -0.3 is 9.88 Å². The minimum atomic E-state index is -0.132. The van der Waals surface area contributed by atoms with E-state index < -0.39 is 0 Å². The molecule has 6 heteroatoms. The zero-order chi connectivity index (χ0) is 16.5. The molecule has 2 aromatic carbocycles. The largest absolute Gasteiger partial charge is 0.322 e. The van der Waals surface area contributed by atoms with E-state index in [4.69, 9.17) is 0 Å². The van der Waals surface area contributed by atoms with Crippen molar-refractivity contribution in [2.24, 2.45) is 0 Å². The number of nitrogens with zero attached hydrogens (tertiary/aromatic N) is 3. The van der Waals surface area contributed by atoms with Crippen LogP contribution in [0.25, 0.3) is 15.9 Å². The van der Waals surface area contributed by atoms with Crippen LogP contribution in [-0.4, -0.2) is 20.4 Å². The van der Waals surface area contributed by atoms with Crippen molar-refractivity contribution in [3.8, 4) is 5.69 Å². The molecule has 5 nitrogen and oxygen atoms in total. The maximum absolute atomic E-state index is 12.4. The first-order valence-corrected chi connectivity index (χ1v) is 8.28. The monoisotopic (exact) mass is 334 g/mol. The fraction of sp³-hybridized carbons (Fsp3) is 0.0556. The molecule has 118 valence electrons. The molecule has 0 aliphatic heterocycles. The van der Waals surface area contributed by atoms with E-state index in [2.05, 4.69) is 15.3 Å². The lowest BCUT2D eigenvalue weighted by Gasteiger charge is -2.07. The molecule has 4 rings (SSSR count). The van der Waals surface area contributed by atoms with Crippen molar-refractivity contribution in [1.29, 1.82) is 0 Å². The lowest BCUT2D eigenvalue weighted by Crippen LogP contribution is -2.11. The van der Waals surface area contributed by atoms with Gasteiger partial charge in [-0.25, -0.2) is 9.97 Å². The van der Waals surface area contributed by atoms with Crippen LogP contribution in [0.5, 0.6) is 0 Å². The molecule has 1 N–H and O–H groups in total. The van der Waals surface area contributed by atoms with Gasteiger partial charge in [0.25, 0.3) is 5.91 Å². The van der Waals surface area contributed by atoms with E-state index in [1.807, 2.05) is 48.0 Å². The molecule has 1 amide bonds. The summed E-state index contributed by atoms with van der Waals surface area (Å²) < 4.78 is 2.96. The second kappa shape index (κ2) is 5.90. The molecule has 0 aliphatic carbocycles. The Kier molecular flexibility index (Phi) is 3.59. The van der Waals surface area contributed by atoms with Crippen molar-refractivity contribution >= 4 is 33.1 Å². The van der Waals surface area contributed by atoms with Gasteiger partial charge in [0.2, 0.25) is 0 Å². The molecular formula is C18H14N4OS. The Labute approximate surface area is 142 Å². The number of nitrogens with one attached hydrogen (secondary N) is 1. The molecule has 0 aliphatic rings. The highest BCUT2D eigenvalue weighted by Crippen LogP contribution is 2.25. The van der Waals surface area contributed by atoms with Crippen molar-refractivity contribution < 1.29 is 4.79 Å². The highest BCUT2D eigenvalue weighted by Gasteiger charge is 2.08. The first-order valence-electron chi connectivity index (χ1n) is 7.46. The summed E-state index contributed by atoms with van der Waals surface area (Å²) >= 11 is 1.62. The minimum absolute atomic E-state index is 0.132. The van der Waals surface area contributed by atoms with Crippen LogP contribution < -0.4 is 5.32 Å². The van der Waals surface area contributed by atoms with E-state index in [0.717, 1.165) is 26.6 Å². The molecule has 0 radical (unpaired) electrons. The number of amides is 1. The number of thiazole rings is 1. The van der Waals surface area contributed by atoms with Gasteiger partial charge in [0.05, 0.1) is 21.6 Å². The van der Waals surface area contributed by atoms with Crippen LogP contribution >= 0.6 is 11.3 Å². The Hall–Kier alpha value is -2.99. The highest BCUT2D eigenvalue weighted by molar-refractivity contribution is 7.18. The Morgan fingerprint density at radius 1 is 1.17 bits per heavy atom. The fourth-order valence-corrected chi connectivity index (χ4v) is 3.38. The van der Waals surface area contributed by atoms with Crippen LogP contribution in [0, 0.1) is 6.92 Å². The van der Waals surface area contributed by atoms with Crippen LogP contribution in [0.2, 0.25) is 0 Å². The molecule has 0 saturated heterocycles. The van der Waals surface area contributed by atoms with E-state index in [0.29, 0.717) is 5.56 Å². The van der Waals surface area contributed by atoms with Gasteiger partial charge in [-0.15, -0.1) is 11.3 Å². The van der Waals surface area contributed by atoms with Crippen molar-refractivity contribution in [3.05, 3.63) is 71.8 Å². The summed E-state index contributed by atoms with van der Waals surface area (Å²) in [4.78, 5) is 20.9. The average Bonchev–Trinajstić information content (AvgIpc) is 3.23. The zero-order valence-corrected chi connectivity index (χ0v) is 13.7. The number of imidazole rings is 1. The number of rotatable bonds is 3. The van der Waals surface area contributed by atoms with Gasteiger partial charge in [0.15, 0.2) is 0 Å². The number of hydrogen-bond acceptors (Lipinski definition) is 4. The first kappa shape index (κ1) is 14.6. The van der Waals surface area contributed by atoms with Crippen LogP contribution in [0.1, 0.15) is 15.4 Å². The first-order chi connectivity index (χ1) is 11.7. The summed E-state index contributed by atoms with van der Waals surface area (Å²) in [5.41, 5.74) is 3.31. The summed E-state index contributed by atoms with van der Waals surface area (Å²) in [6.07, 6.45) is 5.31. The van der Waals surface area contributed by atoms with Gasteiger partial charge in [-0.05, 0) is 49.4 Å². The van der Waals surface area contributed by atoms with Gasteiger partial charge in [-0.1, -0.05) is 0 Å². The molecule has 24 heavy (non-hydrogen) atoms. The number of hydrogen-bond donors (Lipinski definition) is 1. The third-order valence-corrected chi connectivity index (χ3v) is 4.62. The SMILES string of the molecule is Cc1nc2ccc(NC(=O)c3ccc(-n4ccnc4)cc3)cc2s1. The second-order valence-corrected chi connectivity index (χ2v) is 6.62. The Morgan fingerprint density at radius 2 is 2.00 bits per heavy atom. The number of aromatic nitrogens is 3. The number of anilines is 1. The molecule has 0 bridgehead atoms. The molecule has 2 aromatic heterocycles. The maximum atomic E-state index is 12.4. The van der Waals surface area contributed by atoms with E-state index >= 15 is 0 Å². The summed E-state index contributed by atoms with van der Waals surface area (Å²) in [7, 11) is 0. The average molecular weight is 334 g/mol. The second-order valence-electron chi connectivity index (χ2n) is 5.39. The Balaban J connectivity index is 1.54. The maximum Gasteiger partial charge on any atom is 0.255 e. The third-order valence-electron chi connectivity index (χ3n) is 3.69. The third kappa shape index (κ3) is 2.79. The van der Waals surface area contributed by atoms with E-state index in [-0.39, 0.29) is 5.91 Å². The molecule has 0 spiro atoms.